The number of hydrogen-bond donors (Lipinski definition) is 1. The van der Waals surface area contributed by atoms with Gasteiger partial charge in [0.2, 0.25) is 0 Å². The van der Waals surface area contributed by atoms with Crippen LogP contribution in [0.5, 0.6) is 5.75 Å². The van der Waals surface area contributed by atoms with Crippen molar-refractivity contribution < 1.29 is 17.9 Å². The molecule has 0 aliphatic heterocycles. The van der Waals surface area contributed by atoms with Gasteiger partial charge >= 0.3 is 6.36 Å². The van der Waals surface area contributed by atoms with Gasteiger partial charge in [0.15, 0.2) is 5.75 Å². The minimum Gasteiger partial charge on any atom is -0.404 e. The number of hydrogen-bond acceptors (Lipinski definition) is 4. The summed E-state index contributed by atoms with van der Waals surface area (Å²) in [6, 6.07) is 4.40. The molecule has 0 saturated heterocycles. The third kappa shape index (κ3) is 5.21. The minimum atomic E-state index is -4.73. The highest BCUT2D eigenvalue weighted by molar-refractivity contribution is 9.10. The van der Waals surface area contributed by atoms with Crippen molar-refractivity contribution in [2.24, 2.45) is 0 Å². The summed E-state index contributed by atoms with van der Waals surface area (Å²) >= 11 is 3.13. The van der Waals surface area contributed by atoms with E-state index in [1.807, 2.05) is 6.92 Å². The van der Waals surface area contributed by atoms with E-state index in [9.17, 15) is 13.2 Å². The molecule has 1 N–H and O–H groups in total. The molecule has 5 nitrogen and oxygen atoms in total. The number of alkyl halides is 3. The molecule has 120 valence electrons. The van der Waals surface area contributed by atoms with Gasteiger partial charge in [-0.05, 0) is 31.5 Å². The van der Waals surface area contributed by atoms with Gasteiger partial charge in [-0.25, -0.2) is 4.98 Å². The Kier molecular flexibility index (Phi) is 5.28. The molecule has 0 unspecified atom stereocenters. The van der Waals surface area contributed by atoms with Crippen LogP contribution in [0, 0.1) is 0 Å². The van der Waals surface area contributed by atoms with Crippen molar-refractivity contribution in [1.82, 2.24) is 14.8 Å². The van der Waals surface area contributed by atoms with E-state index in [2.05, 4.69) is 36.1 Å². The quantitative estimate of drug-likeness (QED) is 0.829. The van der Waals surface area contributed by atoms with E-state index >= 15 is 0 Å². The van der Waals surface area contributed by atoms with Crippen LogP contribution >= 0.6 is 15.9 Å². The SMILES string of the molecule is C[C@@H](CCn1cncn1)Nc1ccc(Br)cc1OC(F)(F)F. The van der Waals surface area contributed by atoms with E-state index in [0.717, 1.165) is 0 Å². The molecule has 0 fully saturated rings. The zero-order valence-corrected chi connectivity index (χ0v) is 13.2. The van der Waals surface area contributed by atoms with Crippen LogP contribution in [0.3, 0.4) is 0 Å². The summed E-state index contributed by atoms with van der Waals surface area (Å²) in [5.41, 5.74) is 0.284. The van der Waals surface area contributed by atoms with Crippen molar-refractivity contribution >= 4 is 21.6 Å². The molecule has 0 bridgehead atoms. The molecule has 1 aromatic carbocycles. The lowest BCUT2D eigenvalue weighted by molar-refractivity contribution is -0.274. The van der Waals surface area contributed by atoms with Crippen LogP contribution in [-0.4, -0.2) is 27.2 Å². The van der Waals surface area contributed by atoms with E-state index in [4.69, 9.17) is 0 Å². The monoisotopic (exact) mass is 378 g/mol. The van der Waals surface area contributed by atoms with Crippen LogP contribution < -0.4 is 10.1 Å². The Labute approximate surface area is 133 Å². The predicted octanol–water partition coefficient (Wildman–Crippen LogP) is 3.83. The first-order valence-corrected chi connectivity index (χ1v) is 7.27. The second kappa shape index (κ2) is 6.99. The molecule has 1 atom stereocenters. The average molecular weight is 379 g/mol. The van der Waals surface area contributed by atoms with Gasteiger partial charge in [0.25, 0.3) is 0 Å². The Bertz CT molecular complexity index is 604. The Morgan fingerprint density at radius 2 is 2.18 bits per heavy atom. The molecule has 0 spiro atoms. The maximum Gasteiger partial charge on any atom is 0.573 e. The average Bonchev–Trinajstić information content (AvgIpc) is 2.91. The number of nitrogens with one attached hydrogen (secondary N) is 1. The molecule has 0 radical (unpaired) electrons. The van der Waals surface area contributed by atoms with Gasteiger partial charge in [-0.3, -0.25) is 4.68 Å². The molecular formula is C13H14BrF3N4O. The van der Waals surface area contributed by atoms with Crippen LogP contribution in [0.25, 0.3) is 0 Å². The molecule has 2 aromatic rings. The molecule has 0 aliphatic rings. The largest absolute Gasteiger partial charge is 0.573 e. The van der Waals surface area contributed by atoms with Crippen LogP contribution in [0.4, 0.5) is 18.9 Å². The highest BCUT2D eigenvalue weighted by atomic mass is 79.9. The third-order valence-corrected chi connectivity index (χ3v) is 3.32. The van der Waals surface area contributed by atoms with Crippen LogP contribution in [0.2, 0.25) is 0 Å². The number of anilines is 1. The highest BCUT2D eigenvalue weighted by Gasteiger charge is 2.32. The van der Waals surface area contributed by atoms with Crippen molar-refractivity contribution in [3.63, 3.8) is 0 Å². The second-order valence-electron chi connectivity index (χ2n) is 4.68. The van der Waals surface area contributed by atoms with Gasteiger partial charge in [0.05, 0.1) is 5.69 Å². The maximum atomic E-state index is 12.4. The maximum absolute atomic E-state index is 12.4. The van der Waals surface area contributed by atoms with E-state index in [0.29, 0.717) is 17.4 Å². The second-order valence-corrected chi connectivity index (χ2v) is 5.60. The predicted molar refractivity (Wildman–Crippen MR) is 78.5 cm³/mol. The summed E-state index contributed by atoms with van der Waals surface area (Å²) < 4.78 is 43.5. The first kappa shape index (κ1) is 16.6. The molecule has 0 amide bonds. The molecule has 0 aliphatic carbocycles. The van der Waals surface area contributed by atoms with Crippen molar-refractivity contribution in [3.8, 4) is 5.75 Å². The van der Waals surface area contributed by atoms with Gasteiger partial charge in [0, 0.05) is 17.1 Å². The van der Waals surface area contributed by atoms with E-state index in [1.54, 1.807) is 17.1 Å². The third-order valence-electron chi connectivity index (χ3n) is 2.83. The molecule has 9 heteroatoms. The summed E-state index contributed by atoms with van der Waals surface area (Å²) in [6.07, 6.45) is -1.04. The lowest BCUT2D eigenvalue weighted by Crippen LogP contribution is -2.21. The molecule has 22 heavy (non-hydrogen) atoms. The molecule has 2 rings (SSSR count). The Morgan fingerprint density at radius 1 is 1.41 bits per heavy atom. The van der Waals surface area contributed by atoms with Gasteiger partial charge in [-0.2, -0.15) is 5.10 Å². The van der Waals surface area contributed by atoms with Gasteiger partial charge in [0.1, 0.15) is 12.7 Å². The van der Waals surface area contributed by atoms with Gasteiger partial charge < -0.3 is 10.1 Å². The van der Waals surface area contributed by atoms with Crippen LogP contribution in [0.15, 0.2) is 35.3 Å². The van der Waals surface area contributed by atoms with E-state index in [1.165, 1.54) is 18.5 Å². The summed E-state index contributed by atoms with van der Waals surface area (Å²) in [5.74, 6) is -0.269. The number of halogens is 4. The smallest absolute Gasteiger partial charge is 0.404 e. The number of nitrogens with zero attached hydrogens (tertiary/aromatic N) is 3. The molecule has 0 saturated carbocycles. The van der Waals surface area contributed by atoms with E-state index in [-0.39, 0.29) is 17.5 Å². The number of aromatic nitrogens is 3. The first-order chi connectivity index (χ1) is 10.3. The highest BCUT2D eigenvalue weighted by Crippen LogP contribution is 2.33. The van der Waals surface area contributed by atoms with Crippen molar-refractivity contribution in [2.75, 3.05) is 5.32 Å². The normalized spacial score (nSPS) is 13.0. The fourth-order valence-corrected chi connectivity index (χ4v) is 2.18. The Balaban J connectivity index is 2.01. The van der Waals surface area contributed by atoms with Crippen LogP contribution in [-0.2, 0) is 6.54 Å². The zero-order valence-electron chi connectivity index (χ0n) is 11.6. The van der Waals surface area contributed by atoms with Crippen molar-refractivity contribution in [2.45, 2.75) is 32.3 Å². The summed E-state index contributed by atoms with van der Waals surface area (Å²) in [4.78, 5) is 3.83. The minimum absolute atomic E-state index is 0.0686. The number of rotatable bonds is 6. The first-order valence-electron chi connectivity index (χ1n) is 6.48. The van der Waals surface area contributed by atoms with E-state index < -0.39 is 6.36 Å². The van der Waals surface area contributed by atoms with Gasteiger partial charge in [-0.15, -0.1) is 13.2 Å². The molecule has 1 aromatic heterocycles. The lowest BCUT2D eigenvalue weighted by Gasteiger charge is -2.19. The summed E-state index contributed by atoms with van der Waals surface area (Å²) in [5, 5.41) is 6.99. The molecule has 1 heterocycles. The lowest BCUT2D eigenvalue weighted by atomic mass is 10.2. The number of aryl methyl sites for hydroxylation is 1. The fraction of sp³-hybridized carbons (Fsp3) is 0.385. The number of ether oxygens (including phenoxy) is 1. The standard InChI is InChI=1S/C13H14BrF3N4O/c1-9(4-5-21-8-18-7-19-21)20-11-3-2-10(14)6-12(11)22-13(15,16)17/h2-3,6-9,20H,4-5H2,1H3/t9-/m0/s1. The summed E-state index contributed by atoms with van der Waals surface area (Å²) in [7, 11) is 0. The topological polar surface area (TPSA) is 52.0 Å². The van der Waals surface area contributed by atoms with Crippen LogP contribution in [0.1, 0.15) is 13.3 Å². The Hall–Kier alpha value is -1.77. The van der Waals surface area contributed by atoms with Gasteiger partial charge in [-0.1, -0.05) is 15.9 Å². The Morgan fingerprint density at radius 3 is 2.82 bits per heavy atom. The number of benzene rings is 1. The van der Waals surface area contributed by atoms with Crippen molar-refractivity contribution in [3.05, 3.63) is 35.3 Å². The summed E-state index contributed by atoms with van der Waals surface area (Å²) in [6.45, 7) is 2.48. The van der Waals surface area contributed by atoms with Crippen molar-refractivity contribution in [1.29, 1.82) is 0 Å². The molecular weight excluding hydrogens is 365 g/mol. The fourth-order valence-electron chi connectivity index (χ4n) is 1.84. The zero-order chi connectivity index (χ0) is 16.2.